The van der Waals surface area contributed by atoms with Crippen LogP contribution in [0, 0.1) is 0 Å². The van der Waals surface area contributed by atoms with Crippen LogP contribution < -0.4 is 19.1 Å². The van der Waals surface area contributed by atoms with Crippen LogP contribution in [-0.4, -0.2) is 47.3 Å². The normalized spacial score (nSPS) is 17.1. The summed E-state index contributed by atoms with van der Waals surface area (Å²) in [6.07, 6.45) is 0.921. The van der Waals surface area contributed by atoms with Gasteiger partial charge in [0.25, 0.3) is 0 Å². The monoisotopic (exact) mass is 446 g/mol. The SMILES string of the molecule is COc1ccc2c(c1OC)C(=O)O[C@@H]2CC(=O)Nc1ccc2c(c1)N(S(C)(=O)=O)CC2. The van der Waals surface area contributed by atoms with E-state index in [9.17, 15) is 18.0 Å². The maximum Gasteiger partial charge on any atom is 0.343 e. The first-order valence-electron chi connectivity index (χ1n) is 9.59. The molecule has 1 N–H and O–H groups in total. The average molecular weight is 446 g/mol. The lowest BCUT2D eigenvalue weighted by Crippen LogP contribution is -2.27. The number of cyclic esters (lactones) is 1. The fourth-order valence-electron chi connectivity index (χ4n) is 3.98. The number of hydrogen-bond acceptors (Lipinski definition) is 7. The Morgan fingerprint density at radius 2 is 2.00 bits per heavy atom. The molecule has 0 spiro atoms. The summed E-state index contributed by atoms with van der Waals surface area (Å²) < 4.78 is 41.2. The van der Waals surface area contributed by atoms with Gasteiger partial charge in [-0.3, -0.25) is 9.10 Å². The molecule has 0 aliphatic carbocycles. The Hall–Kier alpha value is -3.27. The molecule has 164 valence electrons. The zero-order valence-electron chi connectivity index (χ0n) is 17.3. The van der Waals surface area contributed by atoms with Gasteiger partial charge in [0.05, 0.1) is 32.6 Å². The van der Waals surface area contributed by atoms with Gasteiger partial charge < -0.3 is 19.5 Å². The van der Waals surface area contributed by atoms with Crippen molar-refractivity contribution >= 4 is 33.3 Å². The molecule has 0 bridgehead atoms. The Kier molecular flexibility index (Phi) is 5.26. The maximum absolute atomic E-state index is 12.7. The summed E-state index contributed by atoms with van der Waals surface area (Å²) >= 11 is 0. The lowest BCUT2D eigenvalue weighted by molar-refractivity contribution is -0.118. The Balaban J connectivity index is 1.52. The van der Waals surface area contributed by atoms with Crippen LogP contribution in [0.5, 0.6) is 11.5 Å². The first-order valence-corrected chi connectivity index (χ1v) is 11.4. The molecule has 2 aliphatic heterocycles. The minimum absolute atomic E-state index is 0.0961. The van der Waals surface area contributed by atoms with Gasteiger partial charge >= 0.3 is 5.97 Å². The van der Waals surface area contributed by atoms with Gasteiger partial charge in [0.2, 0.25) is 15.9 Å². The predicted molar refractivity (Wildman–Crippen MR) is 113 cm³/mol. The highest BCUT2D eigenvalue weighted by Crippen LogP contribution is 2.43. The van der Waals surface area contributed by atoms with E-state index < -0.39 is 22.1 Å². The smallest absolute Gasteiger partial charge is 0.343 e. The van der Waals surface area contributed by atoms with E-state index in [4.69, 9.17) is 14.2 Å². The van der Waals surface area contributed by atoms with Crippen LogP contribution in [0.1, 0.15) is 34.0 Å². The number of carbonyl (C=O) groups is 2. The maximum atomic E-state index is 12.7. The fraction of sp³-hybridized carbons (Fsp3) is 0.333. The number of benzene rings is 2. The highest BCUT2D eigenvalue weighted by atomic mass is 32.2. The van der Waals surface area contributed by atoms with Gasteiger partial charge in [-0.2, -0.15) is 0 Å². The number of hydrogen-bond donors (Lipinski definition) is 1. The van der Waals surface area contributed by atoms with Crippen LogP contribution in [0.15, 0.2) is 30.3 Å². The van der Waals surface area contributed by atoms with E-state index in [2.05, 4.69) is 5.32 Å². The molecule has 0 unspecified atom stereocenters. The van der Waals surface area contributed by atoms with Crippen molar-refractivity contribution in [3.63, 3.8) is 0 Å². The molecular weight excluding hydrogens is 424 g/mol. The van der Waals surface area contributed by atoms with E-state index >= 15 is 0 Å². The quantitative estimate of drug-likeness (QED) is 0.678. The highest BCUT2D eigenvalue weighted by Gasteiger charge is 2.37. The van der Waals surface area contributed by atoms with Crippen molar-refractivity contribution in [2.75, 3.05) is 36.6 Å². The third kappa shape index (κ3) is 3.78. The number of methoxy groups -OCH3 is 2. The highest BCUT2D eigenvalue weighted by molar-refractivity contribution is 7.92. The van der Waals surface area contributed by atoms with Crippen molar-refractivity contribution in [3.8, 4) is 11.5 Å². The molecule has 0 fully saturated rings. The summed E-state index contributed by atoms with van der Waals surface area (Å²) in [6.45, 7) is 0.381. The van der Waals surface area contributed by atoms with Gasteiger partial charge in [0.1, 0.15) is 11.7 Å². The molecule has 4 rings (SSSR count). The number of amides is 1. The van der Waals surface area contributed by atoms with Gasteiger partial charge in [-0.15, -0.1) is 0 Å². The van der Waals surface area contributed by atoms with Gasteiger partial charge in [0.15, 0.2) is 11.5 Å². The second-order valence-electron chi connectivity index (χ2n) is 7.34. The summed E-state index contributed by atoms with van der Waals surface area (Å²) in [5, 5.41) is 2.76. The number of fused-ring (bicyclic) bond motifs is 2. The number of carbonyl (C=O) groups excluding carboxylic acids is 2. The number of sulfonamides is 1. The van der Waals surface area contributed by atoms with E-state index in [-0.39, 0.29) is 23.6 Å². The van der Waals surface area contributed by atoms with Gasteiger partial charge in [-0.25, -0.2) is 13.2 Å². The molecule has 1 amide bonds. The molecule has 2 aliphatic rings. The molecule has 0 aromatic heterocycles. The summed E-state index contributed by atoms with van der Waals surface area (Å²) in [5.74, 6) is -0.279. The van der Waals surface area contributed by atoms with Crippen LogP contribution in [0.3, 0.4) is 0 Å². The molecule has 9 nitrogen and oxygen atoms in total. The summed E-state index contributed by atoms with van der Waals surface area (Å²) in [5.41, 5.74) is 2.74. The largest absolute Gasteiger partial charge is 0.493 e. The first kappa shape index (κ1) is 21.0. The van der Waals surface area contributed by atoms with Crippen molar-refractivity contribution in [1.29, 1.82) is 0 Å². The topological polar surface area (TPSA) is 111 Å². The number of rotatable bonds is 6. The van der Waals surface area contributed by atoms with Crippen molar-refractivity contribution in [2.24, 2.45) is 0 Å². The molecule has 0 radical (unpaired) electrons. The third-order valence-corrected chi connectivity index (χ3v) is 6.55. The Bertz CT molecular complexity index is 1180. The van der Waals surface area contributed by atoms with E-state index in [0.29, 0.717) is 35.7 Å². The van der Waals surface area contributed by atoms with E-state index in [1.807, 2.05) is 0 Å². The number of nitrogens with one attached hydrogen (secondary N) is 1. The van der Waals surface area contributed by atoms with E-state index in [0.717, 1.165) is 11.8 Å². The van der Waals surface area contributed by atoms with Crippen LogP contribution in [0.25, 0.3) is 0 Å². The summed E-state index contributed by atoms with van der Waals surface area (Å²) in [7, 11) is -0.492. The number of esters is 1. The zero-order chi connectivity index (χ0) is 22.3. The van der Waals surface area contributed by atoms with E-state index in [1.54, 1.807) is 30.3 Å². The summed E-state index contributed by atoms with van der Waals surface area (Å²) in [6, 6.07) is 8.51. The molecular formula is C21H22N2O7S. The Morgan fingerprint density at radius 1 is 1.23 bits per heavy atom. The minimum Gasteiger partial charge on any atom is -0.493 e. The predicted octanol–water partition coefficient (Wildman–Crippen LogP) is 2.27. The van der Waals surface area contributed by atoms with Gasteiger partial charge in [-0.1, -0.05) is 12.1 Å². The number of ether oxygens (including phenoxy) is 3. The second-order valence-corrected chi connectivity index (χ2v) is 9.25. The lowest BCUT2D eigenvalue weighted by Gasteiger charge is -2.17. The van der Waals surface area contributed by atoms with Gasteiger partial charge in [-0.05, 0) is 30.2 Å². The Morgan fingerprint density at radius 3 is 2.68 bits per heavy atom. The molecule has 1 atom stereocenters. The molecule has 31 heavy (non-hydrogen) atoms. The lowest BCUT2D eigenvalue weighted by atomic mass is 10.0. The van der Waals surface area contributed by atoms with Crippen LogP contribution in [0.4, 0.5) is 11.4 Å². The standard InChI is InChI=1S/C21H22N2O7S/c1-28-16-7-6-14-17(30-21(25)19(14)20(16)29-2)11-18(24)22-13-5-4-12-8-9-23(15(12)10-13)31(3,26)27/h4-7,10,17H,8-9,11H2,1-3H3,(H,22,24)/t17-/m1/s1. The van der Waals surface area contributed by atoms with Crippen molar-refractivity contribution in [1.82, 2.24) is 0 Å². The number of nitrogens with zero attached hydrogens (tertiary/aromatic N) is 1. The summed E-state index contributed by atoms with van der Waals surface area (Å²) in [4.78, 5) is 25.0. The van der Waals surface area contributed by atoms with Crippen LogP contribution >= 0.6 is 0 Å². The average Bonchev–Trinajstić information content (AvgIpc) is 3.28. The van der Waals surface area contributed by atoms with Crippen molar-refractivity contribution in [3.05, 3.63) is 47.0 Å². The first-order chi connectivity index (χ1) is 14.7. The van der Waals surface area contributed by atoms with Gasteiger partial charge in [0, 0.05) is 17.8 Å². The van der Waals surface area contributed by atoms with Crippen LogP contribution in [0.2, 0.25) is 0 Å². The third-order valence-electron chi connectivity index (χ3n) is 5.37. The van der Waals surface area contributed by atoms with E-state index in [1.165, 1.54) is 18.5 Å². The minimum atomic E-state index is -3.39. The molecule has 0 saturated carbocycles. The van der Waals surface area contributed by atoms with Crippen molar-refractivity contribution in [2.45, 2.75) is 18.9 Å². The molecule has 2 aromatic carbocycles. The molecule has 2 aromatic rings. The molecule has 10 heteroatoms. The Labute approximate surface area is 179 Å². The zero-order valence-corrected chi connectivity index (χ0v) is 18.1. The van der Waals surface area contributed by atoms with Crippen molar-refractivity contribution < 1.29 is 32.2 Å². The fourth-order valence-corrected chi connectivity index (χ4v) is 4.93. The van der Waals surface area contributed by atoms with Crippen LogP contribution in [-0.2, 0) is 26.0 Å². The molecule has 2 heterocycles. The number of anilines is 2. The molecule has 0 saturated heterocycles. The second kappa shape index (κ2) is 7.77.